The lowest BCUT2D eigenvalue weighted by Crippen LogP contribution is -2.29. The number of nitrogen functional groups attached to an aromatic ring is 1. The zero-order chi connectivity index (χ0) is 13.8. The van der Waals surface area contributed by atoms with Gasteiger partial charge in [0.2, 0.25) is 0 Å². The summed E-state index contributed by atoms with van der Waals surface area (Å²) >= 11 is 3.43. The first kappa shape index (κ1) is 14.0. The second-order valence-electron chi connectivity index (χ2n) is 4.23. The summed E-state index contributed by atoms with van der Waals surface area (Å²) < 4.78 is 6.00. The van der Waals surface area contributed by atoms with Gasteiger partial charge in [0.15, 0.2) is 0 Å². The number of hydrogen-bond donors (Lipinski definition) is 3. The Hall–Kier alpha value is -1.37. The number of pyridine rings is 1. The van der Waals surface area contributed by atoms with Gasteiger partial charge in [0.25, 0.3) is 0 Å². The van der Waals surface area contributed by atoms with E-state index < -0.39 is 0 Å². The van der Waals surface area contributed by atoms with Gasteiger partial charge >= 0.3 is 0 Å². The number of benzene rings is 1. The lowest BCUT2D eigenvalue weighted by atomic mass is 10.1. The Bertz CT molecular complexity index is 572. The smallest absolute Gasteiger partial charge is 0.0743 e. The highest BCUT2D eigenvalue weighted by molar-refractivity contribution is 9.10. The minimum absolute atomic E-state index is 0.0366. The molecule has 0 bridgehead atoms. The summed E-state index contributed by atoms with van der Waals surface area (Å²) in [6, 6.07) is 5.57. The van der Waals surface area contributed by atoms with Crippen LogP contribution in [0, 0.1) is 0 Å². The first-order valence-electron chi connectivity index (χ1n) is 5.85. The molecule has 102 valence electrons. The molecule has 1 unspecified atom stereocenters. The molecular formula is C13H16BrN3O2. The third-order valence-corrected chi connectivity index (χ3v) is 3.29. The number of anilines is 2. The molecule has 1 atom stereocenters. The van der Waals surface area contributed by atoms with Crippen LogP contribution in [0.2, 0.25) is 0 Å². The minimum atomic E-state index is -0.211. The van der Waals surface area contributed by atoms with Crippen LogP contribution in [0.3, 0.4) is 0 Å². The molecule has 0 radical (unpaired) electrons. The number of fused-ring (bicyclic) bond motifs is 1. The molecule has 19 heavy (non-hydrogen) atoms. The van der Waals surface area contributed by atoms with Gasteiger partial charge in [-0.1, -0.05) is 15.9 Å². The Morgan fingerprint density at radius 3 is 3.00 bits per heavy atom. The highest BCUT2D eigenvalue weighted by atomic mass is 79.9. The molecule has 0 aliphatic carbocycles. The van der Waals surface area contributed by atoms with Crippen molar-refractivity contribution in [3.05, 3.63) is 28.9 Å². The summed E-state index contributed by atoms with van der Waals surface area (Å²) in [6.07, 6.45) is 1.61. The van der Waals surface area contributed by atoms with Crippen LogP contribution in [0.5, 0.6) is 0 Å². The van der Waals surface area contributed by atoms with Crippen molar-refractivity contribution >= 4 is 38.2 Å². The van der Waals surface area contributed by atoms with Crippen molar-refractivity contribution in [1.82, 2.24) is 4.98 Å². The van der Waals surface area contributed by atoms with E-state index in [9.17, 15) is 5.11 Å². The second kappa shape index (κ2) is 6.18. The van der Waals surface area contributed by atoms with Crippen molar-refractivity contribution in [3.63, 3.8) is 0 Å². The fraction of sp³-hybridized carbons (Fsp3) is 0.308. The summed E-state index contributed by atoms with van der Waals surface area (Å²) in [4.78, 5) is 4.28. The quantitative estimate of drug-likeness (QED) is 0.783. The summed E-state index contributed by atoms with van der Waals surface area (Å²) in [5.74, 6) is 0. The van der Waals surface area contributed by atoms with Crippen molar-refractivity contribution in [3.8, 4) is 0 Å². The molecule has 6 heteroatoms. The van der Waals surface area contributed by atoms with Crippen LogP contribution >= 0.6 is 15.9 Å². The number of methoxy groups -OCH3 is 1. The van der Waals surface area contributed by atoms with Gasteiger partial charge in [-0.2, -0.15) is 0 Å². The molecule has 0 amide bonds. The fourth-order valence-electron chi connectivity index (χ4n) is 1.89. The average molecular weight is 326 g/mol. The second-order valence-corrected chi connectivity index (χ2v) is 5.14. The van der Waals surface area contributed by atoms with Crippen molar-refractivity contribution in [1.29, 1.82) is 0 Å². The topological polar surface area (TPSA) is 80.4 Å². The van der Waals surface area contributed by atoms with Gasteiger partial charge < -0.3 is 20.9 Å². The summed E-state index contributed by atoms with van der Waals surface area (Å²) in [5, 5.41) is 13.4. The summed E-state index contributed by atoms with van der Waals surface area (Å²) in [5.41, 5.74) is 8.12. The van der Waals surface area contributed by atoms with Crippen LogP contribution in [0.4, 0.5) is 11.4 Å². The predicted octanol–water partition coefficient (Wildman–Crippen LogP) is 2.00. The maximum absolute atomic E-state index is 9.33. The van der Waals surface area contributed by atoms with Crippen LogP contribution in [0.1, 0.15) is 0 Å². The Morgan fingerprint density at radius 2 is 2.32 bits per heavy atom. The van der Waals surface area contributed by atoms with Crippen LogP contribution < -0.4 is 11.1 Å². The van der Waals surface area contributed by atoms with E-state index in [1.807, 2.05) is 18.2 Å². The van der Waals surface area contributed by atoms with Gasteiger partial charge in [0.05, 0.1) is 42.3 Å². The monoisotopic (exact) mass is 325 g/mol. The van der Waals surface area contributed by atoms with Crippen LogP contribution in [0.25, 0.3) is 10.9 Å². The van der Waals surface area contributed by atoms with Crippen LogP contribution in [-0.4, -0.2) is 36.5 Å². The highest BCUT2D eigenvalue weighted by Crippen LogP contribution is 2.30. The largest absolute Gasteiger partial charge is 0.396 e. The Labute approximate surface area is 119 Å². The molecule has 0 aliphatic heterocycles. The average Bonchev–Trinajstić information content (AvgIpc) is 2.41. The first-order chi connectivity index (χ1) is 9.15. The fourth-order valence-corrected chi connectivity index (χ4v) is 2.25. The molecule has 2 rings (SSSR count). The van der Waals surface area contributed by atoms with Crippen molar-refractivity contribution < 1.29 is 9.84 Å². The number of nitrogens with two attached hydrogens (primary N) is 1. The third-order valence-electron chi connectivity index (χ3n) is 2.80. The summed E-state index contributed by atoms with van der Waals surface area (Å²) in [6.45, 7) is 0.360. The Morgan fingerprint density at radius 1 is 1.53 bits per heavy atom. The molecule has 0 saturated heterocycles. The number of halogens is 1. The summed E-state index contributed by atoms with van der Waals surface area (Å²) in [7, 11) is 1.59. The Balaban J connectivity index is 2.45. The molecule has 1 heterocycles. The number of nitrogens with one attached hydrogen (secondary N) is 1. The van der Waals surface area contributed by atoms with Gasteiger partial charge in [0.1, 0.15) is 0 Å². The highest BCUT2D eigenvalue weighted by Gasteiger charge is 2.12. The molecule has 2 aromatic rings. The molecule has 5 nitrogen and oxygen atoms in total. The lowest BCUT2D eigenvalue weighted by molar-refractivity contribution is 0.153. The molecule has 0 spiro atoms. The van der Waals surface area contributed by atoms with E-state index in [0.717, 1.165) is 21.1 Å². The maximum atomic E-state index is 9.33. The van der Waals surface area contributed by atoms with Gasteiger partial charge in [-0.05, 0) is 18.2 Å². The van der Waals surface area contributed by atoms with Crippen LogP contribution in [-0.2, 0) is 4.74 Å². The van der Waals surface area contributed by atoms with Crippen molar-refractivity contribution in [2.45, 2.75) is 6.04 Å². The van der Waals surface area contributed by atoms with Gasteiger partial charge in [0, 0.05) is 17.0 Å². The van der Waals surface area contributed by atoms with E-state index in [1.54, 1.807) is 13.3 Å². The lowest BCUT2D eigenvalue weighted by Gasteiger charge is -2.19. The first-order valence-corrected chi connectivity index (χ1v) is 6.65. The van der Waals surface area contributed by atoms with E-state index in [0.29, 0.717) is 12.3 Å². The normalized spacial score (nSPS) is 12.6. The number of nitrogens with zero attached hydrogens (tertiary/aromatic N) is 1. The standard InChI is InChI=1S/C13H16BrN3O2/c1-19-7-9(6-18)17-13-10-4-8(14)2-3-12(10)16-5-11(13)15/h2-5,9,18H,6-7,15H2,1H3,(H,16,17). The van der Waals surface area contributed by atoms with Crippen molar-refractivity contribution in [2.24, 2.45) is 0 Å². The van der Waals surface area contributed by atoms with Gasteiger partial charge in [-0.25, -0.2) is 0 Å². The number of aliphatic hydroxyl groups is 1. The molecular weight excluding hydrogens is 310 g/mol. The van der Waals surface area contributed by atoms with E-state index in [1.165, 1.54) is 0 Å². The zero-order valence-electron chi connectivity index (χ0n) is 10.6. The Kier molecular flexibility index (Phi) is 4.57. The van der Waals surface area contributed by atoms with Crippen LogP contribution in [0.15, 0.2) is 28.9 Å². The molecule has 0 aliphatic rings. The van der Waals surface area contributed by atoms with E-state index >= 15 is 0 Å². The maximum Gasteiger partial charge on any atom is 0.0743 e. The van der Waals surface area contributed by atoms with Gasteiger partial charge in [-0.15, -0.1) is 0 Å². The SMILES string of the molecule is COCC(CO)Nc1c(N)cnc2ccc(Br)cc12. The molecule has 1 aromatic heterocycles. The molecule has 0 fully saturated rings. The van der Waals surface area contributed by atoms with Crippen molar-refractivity contribution in [2.75, 3.05) is 31.4 Å². The number of aromatic nitrogens is 1. The predicted molar refractivity (Wildman–Crippen MR) is 80.2 cm³/mol. The zero-order valence-corrected chi connectivity index (χ0v) is 12.1. The van der Waals surface area contributed by atoms with Gasteiger partial charge in [-0.3, -0.25) is 4.98 Å². The van der Waals surface area contributed by atoms with E-state index in [4.69, 9.17) is 10.5 Å². The third kappa shape index (κ3) is 3.15. The number of hydrogen-bond acceptors (Lipinski definition) is 5. The number of ether oxygens (including phenoxy) is 1. The molecule has 1 aromatic carbocycles. The molecule has 0 saturated carbocycles. The molecule has 4 N–H and O–H groups in total. The minimum Gasteiger partial charge on any atom is -0.396 e. The van der Waals surface area contributed by atoms with E-state index in [2.05, 4.69) is 26.2 Å². The number of aliphatic hydroxyl groups excluding tert-OH is 1. The van der Waals surface area contributed by atoms with E-state index in [-0.39, 0.29) is 12.6 Å². The number of rotatable bonds is 5.